The van der Waals surface area contributed by atoms with Crippen molar-refractivity contribution in [3.05, 3.63) is 64.7 Å². The zero-order chi connectivity index (χ0) is 16.1. The average molecular weight is 298 g/mol. The Bertz CT molecular complexity index is 644. The van der Waals surface area contributed by atoms with E-state index in [4.69, 9.17) is 4.74 Å². The first-order valence-electron chi connectivity index (χ1n) is 7.53. The summed E-state index contributed by atoms with van der Waals surface area (Å²) < 4.78 is 5.41. The maximum Gasteiger partial charge on any atom is 0.311 e. The number of ether oxygens (including phenoxy) is 1. The van der Waals surface area contributed by atoms with Crippen molar-refractivity contribution in [3.63, 3.8) is 0 Å². The lowest BCUT2D eigenvalue weighted by Crippen LogP contribution is -2.15. The molecule has 1 N–H and O–H groups in total. The molecule has 2 aromatic rings. The second-order valence-electron chi connectivity index (χ2n) is 5.53. The van der Waals surface area contributed by atoms with E-state index in [1.54, 1.807) is 0 Å². The number of aryl methyl sites for hydroxylation is 2. The molecule has 0 aliphatic heterocycles. The van der Waals surface area contributed by atoms with Crippen LogP contribution in [0.15, 0.2) is 42.5 Å². The highest BCUT2D eigenvalue weighted by molar-refractivity contribution is 5.77. The predicted octanol–water partition coefficient (Wildman–Crippen LogP) is 4.11. The highest BCUT2D eigenvalue weighted by Gasteiger charge is 2.22. The van der Waals surface area contributed by atoms with Crippen molar-refractivity contribution in [2.75, 3.05) is 6.61 Å². The van der Waals surface area contributed by atoms with E-state index in [1.807, 2.05) is 63.2 Å². The smallest absolute Gasteiger partial charge is 0.311 e. The van der Waals surface area contributed by atoms with Crippen LogP contribution in [0, 0.1) is 13.8 Å². The first-order valence-corrected chi connectivity index (χ1v) is 7.53. The van der Waals surface area contributed by atoms with Crippen molar-refractivity contribution in [1.82, 2.24) is 0 Å². The van der Waals surface area contributed by atoms with E-state index in [1.165, 1.54) is 0 Å². The first-order chi connectivity index (χ1) is 10.5. The van der Waals surface area contributed by atoms with Crippen molar-refractivity contribution in [2.24, 2.45) is 0 Å². The third-order valence-electron chi connectivity index (χ3n) is 3.77. The summed E-state index contributed by atoms with van der Waals surface area (Å²) in [7, 11) is 0. The maximum atomic E-state index is 11.7. The summed E-state index contributed by atoms with van der Waals surface area (Å²) in [5.74, 6) is -0.510. The Labute approximate surface area is 131 Å². The van der Waals surface area contributed by atoms with Crippen LogP contribution in [0.4, 0.5) is 0 Å². The number of rotatable bonds is 6. The largest absolute Gasteiger partial charge is 0.494 e. The van der Waals surface area contributed by atoms with Gasteiger partial charge in [0.1, 0.15) is 5.75 Å². The van der Waals surface area contributed by atoms with Crippen LogP contribution in [-0.2, 0) is 11.2 Å². The Morgan fingerprint density at radius 1 is 1.14 bits per heavy atom. The van der Waals surface area contributed by atoms with Gasteiger partial charge in [0.2, 0.25) is 0 Å². The van der Waals surface area contributed by atoms with Gasteiger partial charge >= 0.3 is 5.97 Å². The molecule has 0 spiro atoms. The predicted molar refractivity (Wildman–Crippen MR) is 87.6 cm³/mol. The van der Waals surface area contributed by atoms with Gasteiger partial charge in [0, 0.05) is 0 Å². The van der Waals surface area contributed by atoms with Gasteiger partial charge in [0.15, 0.2) is 0 Å². The number of carboxylic acids is 1. The van der Waals surface area contributed by atoms with Gasteiger partial charge in [-0.2, -0.15) is 0 Å². The Balaban J connectivity index is 2.23. The number of carbonyl (C=O) groups is 1. The van der Waals surface area contributed by atoms with Gasteiger partial charge in [-0.1, -0.05) is 35.9 Å². The van der Waals surface area contributed by atoms with E-state index >= 15 is 0 Å². The molecule has 2 aromatic carbocycles. The van der Waals surface area contributed by atoms with Gasteiger partial charge < -0.3 is 9.84 Å². The maximum absolute atomic E-state index is 11.7. The number of carboxylic acid groups (broad SMARTS) is 1. The van der Waals surface area contributed by atoms with Crippen LogP contribution < -0.4 is 4.74 Å². The summed E-state index contributed by atoms with van der Waals surface area (Å²) in [6.45, 7) is 6.55. The standard InChI is InChI=1S/C19H22O3/c1-4-22-16-8-6-15(7-9-16)12-18(19(20)21)17-10-5-13(2)11-14(17)3/h5-11,18H,4,12H2,1-3H3,(H,20,21). The van der Waals surface area contributed by atoms with Crippen LogP contribution in [0.5, 0.6) is 5.75 Å². The van der Waals surface area contributed by atoms with Crippen LogP contribution in [-0.4, -0.2) is 17.7 Å². The van der Waals surface area contributed by atoms with Crippen molar-refractivity contribution in [1.29, 1.82) is 0 Å². The molecule has 0 saturated heterocycles. The van der Waals surface area contributed by atoms with Crippen LogP contribution in [0.3, 0.4) is 0 Å². The first kappa shape index (κ1) is 16.1. The minimum Gasteiger partial charge on any atom is -0.494 e. The molecule has 1 atom stereocenters. The van der Waals surface area contributed by atoms with Crippen molar-refractivity contribution < 1.29 is 14.6 Å². The normalized spacial score (nSPS) is 12.0. The topological polar surface area (TPSA) is 46.5 Å². The molecule has 0 heterocycles. The summed E-state index contributed by atoms with van der Waals surface area (Å²) in [6.07, 6.45) is 0.478. The lowest BCUT2D eigenvalue weighted by Gasteiger charge is -2.16. The van der Waals surface area contributed by atoms with Gasteiger partial charge in [-0.05, 0) is 56.0 Å². The Hall–Kier alpha value is -2.29. The lowest BCUT2D eigenvalue weighted by molar-refractivity contribution is -0.138. The second-order valence-corrected chi connectivity index (χ2v) is 5.53. The molecular formula is C19H22O3. The summed E-state index contributed by atoms with van der Waals surface area (Å²) >= 11 is 0. The average Bonchev–Trinajstić information content (AvgIpc) is 2.47. The molecule has 0 fully saturated rings. The van der Waals surface area contributed by atoms with Crippen LogP contribution in [0.2, 0.25) is 0 Å². The Morgan fingerprint density at radius 2 is 1.82 bits per heavy atom. The van der Waals surface area contributed by atoms with E-state index in [9.17, 15) is 9.90 Å². The number of hydrogen-bond acceptors (Lipinski definition) is 2. The molecule has 3 heteroatoms. The van der Waals surface area contributed by atoms with Gasteiger partial charge in [-0.15, -0.1) is 0 Å². The molecule has 0 aliphatic rings. The highest BCUT2D eigenvalue weighted by Crippen LogP contribution is 2.26. The lowest BCUT2D eigenvalue weighted by atomic mass is 9.88. The van der Waals surface area contributed by atoms with E-state index in [2.05, 4.69) is 0 Å². The third kappa shape index (κ3) is 3.88. The molecule has 0 aliphatic carbocycles. The summed E-state index contributed by atoms with van der Waals surface area (Å²) in [4.78, 5) is 11.7. The fraction of sp³-hybridized carbons (Fsp3) is 0.316. The van der Waals surface area contributed by atoms with Crippen molar-refractivity contribution >= 4 is 5.97 Å². The number of benzene rings is 2. The monoisotopic (exact) mass is 298 g/mol. The minimum absolute atomic E-state index is 0.478. The molecule has 2 rings (SSSR count). The molecule has 0 bridgehead atoms. The van der Waals surface area contributed by atoms with Crippen LogP contribution >= 0.6 is 0 Å². The Kier molecular flexibility index (Phi) is 5.21. The molecule has 0 radical (unpaired) electrons. The van der Waals surface area contributed by atoms with E-state index < -0.39 is 11.9 Å². The van der Waals surface area contributed by atoms with Gasteiger partial charge in [-0.3, -0.25) is 4.79 Å². The molecule has 0 aromatic heterocycles. The molecule has 3 nitrogen and oxygen atoms in total. The van der Waals surface area contributed by atoms with Crippen LogP contribution in [0.25, 0.3) is 0 Å². The summed E-state index contributed by atoms with van der Waals surface area (Å²) in [6, 6.07) is 13.6. The second kappa shape index (κ2) is 7.12. The fourth-order valence-corrected chi connectivity index (χ4v) is 2.67. The van der Waals surface area contributed by atoms with E-state index in [0.29, 0.717) is 13.0 Å². The SMILES string of the molecule is CCOc1ccc(CC(C(=O)O)c2ccc(C)cc2C)cc1. The van der Waals surface area contributed by atoms with Gasteiger partial charge in [0.05, 0.1) is 12.5 Å². The highest BCUT2D eigenvalue weighted by atomic mass is 16.5. The molecule has 116 valence electrons. The molecular weight excluding hydrogens is 276 g/mol. The van der Waals surface area contributed by atoms with Crippen molar-refractivity contribution in [3.8, 4) is 5.75 Å². The minimum atomic E-state index is -0.791. The van der Waals surface area contributed by atoms with Crippen molar-refractivity contribution in [2.45, 2.75) is 33.1 Å². The fourth-order valence-electron chi connectivity index (χ4n) is 2.67. The summed E-state index contributed by atoms with van der Waals surface area (Å²) in [5, 5.41) is 9.60. The number of aliphatic carboxylic acids is 1. The quantitative estimate of drug-likeness (QED) is 0.873. The Morgan fingerprint density at radius 3 is 2.36 bits per heavy atom. The zero-order valence-corrected chi connectivity index (χ0v) is 13.3. The van der Waals surface area contributed by atoms with E-state index in [0.717, 1.165) is 28.0 Å². The molecule has 0 saturated carbocycles. The number of hydrogen-bond donors (Lipinski definition) is 1. The summed E-state index contributed by atoms with van der Waals surface area (Å²) in [5.41, 5.74) is 4.05. The van der Waals surface area contributed by atoms with Gasteiger partial charge in [0.25, 0.3) is 0 Å². The zero-order valence-electron chi connectivity index (χ0n) is 13.3. The van der Waals surface area contributed by atoms with E-state index in [-0.39, 0.29) is 0 Å². The molecule has 1 unspecified atom stereocenters. The van der Waals surface area contributed by atoms with Crippen LogP contribution in [0.1, 0.15) is 35.1 Å². The molecule has 0 amide bonds. The molecule has 22 heavy (non-hydrogen) atoms. The third-order valence-corrected chi connectivity index (χ3v) is 3.77. The van der Waals surface area contributed by atoms with Gasteiger partial charge in [-0.25, -0.2) is 0 Å².